The lowest BCUT2D eigenvalue weighted by Gasteiger charge is -2.29. The van der Waals surface area contributed by atoms with Crippen molar-refractivity contribution in [3.05, 3.63) is 0 Å². The fraction of sp³-hybridized carbons (Fsp3) is 0.917. The Morgan fingerprint density at radius 1 is 1.25 bits per heavy atom. The van der Waals surface area contributed by atoms with Gasteiger partial charge < -0.3 is 10.2 Å². The molecule has 1 fully saturated rings. The lowest BCUT2D eigenvalue weighted by molar-refractivity contribution is -0.134. The summed E-state index contributed by atoms with van der Waals surface area (Å²) in [6.07, 6.45) is 5.53. The molecule has 1 heterocycles. The molecule has 1 aliphatic heterocycles. The van der Waals surface area contributed by atoms with Gasteiger partial charge in [0.25, 0.3) is 0 Å². The highest BCUT2D eigenvalue weighted by Gasteiger charge is 2.24. The maximum atomic E-state index is 12.1. The van der Waals surface area contributed by atoms with Gasteiger partial charge in [0.2, 0.25) is 5.91 Å². The quantitative estimate of drug-likeness (QED) is 0.809. The van der Waals surface area contributed by atoms with Gasteiger partial charge in [-0.25, -0.2) is 0 Å². The van der Waals surface area contributed by atoms with Gasteiger partial charge in [0.15, 0.2) is 0 Å². The number of carbonyl (C=O) groups is 1. The fourth-order valence-electron chi connectivity index (χ4n) is 2.16. The zero-order valence-corrected chi connectivity index (χ0v) is 11.3. The number of rotatable bonds is 5. The van der Waals surface area contributed by atoms with Crippen molar-refractivity contribution in [3.8, 4) is 0 Å². The first-order chi connectivity index (χ1) is 7.29. The summed E-state index contributed by atoms with van der Waals surface area (Å²) in [6, 6.07) is 0.0943. The molecule has 4 heteroatoms. The van der Waals surface area contributed by atoms with Crippen molar-refractivity contribution in [1.82, 2.24) is 10.2 Å². The lowest BCUT2D eigenvalue weighted by Crippen LogP contribution is -2.49. The van der Waals surface area contributed by atoms with Crippen molar-refractivity contribution >= 4 is 18.3 Å². The molecular weight excluding hydrogens is 224 g/mol. The van der Waals surface area contributed by atoms with Crippen LogP contribution in [-0.4, -0.2) is 36.5 Å². The Labute approximate surface area is 105 Å². The molecule has 0 aromatic carbocycles. The zero-order chi connectivity index (χ0) is 11.1. The van der Waals surface area contributed by atoms with Crippen LogP contribution in [0.3, 0.4) is 0 Å². The molecule has 0 spiro atoms. The van der Waals surface area contributed by atoms with E-state index in [9.17, 15) is 4.79 Å². The molecule has 1 saturated heterocycles. The maximum Gasteiger partial charge on any atom is 0.239 e. The maximum absolute atomic E-state index is 12.1. The second-order valence-corrected chi connectivity index (χ2v) is 4.33. The Hall–Kier alpha value is -0.280. The second-order valence-electron chi connectivity index (χ2n) is 4.33. The van der Waals surface area contributed by atoms with E-state index < -0.39 is 0 Å². The van der Waals surface area contributed by atoms with Crippen LogP contribution in [0.1, 0.15) is 46.0 Å². The molecule has 0 aromatic heterocycles. The Morgan fingerprint density at radius 3 is 2.31 bits per heavy atom. The van der Waals surface area contributed by atoms with Gasteiger partial charge in [0, 0.05) is 13.1 Å². The van der Waals surface area contributed by atoms with Crippen LogP contribution in [0.5, 0.6) is 0 Å². The third kappa shape index (κ3) is 4.71. The Balaban J connectivity index is 0.00000225. The standard InChI is InChI=1S/C12H24N2O.ClH/c1-3-9-14(10-4-2)12(15)11-7-5-6-8-13-11;/h11,13H,3-10H2,1-2H3;1H/t11-;/m1./s1. The molecule has 0 bridgehead atoms. The molecule has 1 atom stereocenters. The predicted octanol–water partition coefficient (Wildman–Crippen LogP) is 2.20. The van der Waals surface area contributed by atoms with Gasteiger partial charge in [0.1, 0.15) is 0 Å². The van der Waals surface area contributed by atoms with E-state index in [0.29, 0.717) is 5.91 Å². The van der Waals surface area contributed by atoms with Crippen molar-refractivity contribution in [2.75, 3.05) is 19.6 Å². The van der Waals surface area contributed by atoms with Gasteiger partial charge in [0.05, 0.1) is 6.04 Å². The summed E-state index contributed by atoms with van der Waals surface area (Å²) in [6.45, 7) is 7.08. The molecule has 0 unspecified atom stereocenters. The first-order valence-electron chi connectivity index (χ1n) is 6.31. The largest absolute Gasteiger partial charge is 0.341 e. The normalized spacial score (nSPS) is 20.0. The average Bonchev–Trinajstić information content (AvgIpc) is 2.29. The average molecular weight is 249 g/mol. The van der Waals surface area contributed by atoms with Gasteiger partial charge in [-0.3, -0.25) is 4.79 Å². The molecule has 1 rings (SSSR count). The molecule has 1 amide bonds. The molecule has 0 radical (unpaired) electrons. The highest BCUT2D eigenvalue weighted by atomic mass is 35.5. The van der Waals surface area contributed by atoms with Crippen LogP contribution < -0.4 is 5.32 Å². The molecule has 0 aliphatic carbocycles. The van der Waals surface area contributed by atoms with Crippen LogP contribution in [0.2, 0.25) is 0 Å². The van der Waals surface area contributed by atoms with E-state index in [1.807, 2.05) is 4.90 Å². The van der Waals surface area contributed by atoms with Crippen molar-refractivity contribution in [3.63, 3.8) is 0 Å². The van der Waals surface area contributed by atoms with E-state index in [-0.39, 0.29) is 18.4 Å². The van der Waals surface area contributed by atoms with Crippen molar-refractivity contribution in [2.45, 2.75) is 52.0 Å². The first kappa shape index (κ1) is 15.7. The highest BCUT2D eigenvalue weighted by molar-refractivity contribution is 5.85. The minimum Gasteiger partial charge on any atom is -0.341 e. The molecule has 16 heavy (non-hydrogen) atoms. The van der Waals surface area contributed by atoms with Gasteiger partial charge in [-0.15, -0.1) is 12.4 Å². The van der Waals surface area contributed by atoms with Gasteiger partial charge >= 0.3 is 0 Å². The summed E-state index contributed by atoms with van der Waals surface area (Å²) < 4.78 is 0. The van der Waals surface area contributed by atoms with E-state index in [1.165, 1.54) is 12.8 Å². The minimum atomic E-state index is 0. The number of piperidine rings is 1. The van der Waals surface area contributed by atoms with Crippen LogP contribution >= 0.6 is 12.4 Å². The number of nitrogens with one attached hydrogen (secondary N) is 1. The number of nitrogens with zero attached hydrogens (tertiary/aromatic N) is 1. The smallest absolute Gasteiger partial charge is 0.239 e. The number of hydrogen-bond acceptors (Lipinski definition) is 2. The number of halogens is 1. The van der Waals surface area contributed by atoms with E-state index in [1.54, 1.807) is 0 Å². The van der Waals surface area contributed by atoms with Crippen LogP contribution in [0.15, 0.2) is 0 Å². The van der Waals surface area contributed by atoms with Gasteiger partial charge in [-0.05, 0) is 32.2 Å². The van der Waals surface area contributed by atoms with Crippen LogP contribution in [-0.2, 0) is 4.79 Å². The van der Waals surface area contributed by atoms with Crippen molar-refractivity contribution in [2.24, 2.45) is 0 Å². The molecule has 0 aromatic rings. The van der Waals surface area contributed by atoms with E-state index >= 15 is 0 Å². The SMILES string of the molecule is CCCN(CCC)C(=O)[C@H]1CCCCN1.Cl. The Kier molecular flexibility index (Phi) is 8.67. The van der Waals surface area contributed by atoms with Gasteiger partial charge in [-0.1, -0.05) is 20.3 Å². The monoisotopic (exact) mass is 248 g/mol. The molecule has 1 aliphatic rings. The number of carbonyl (C=O) groups excluding carboxylic acids is 1. The highest BCUT2D eigenvalue weighted by Crippen LogP contribution is 2.10. The summed E-state index contributed by atoms with van der Waals surface area (Å²) in [5.41, 5.74) is 0. The van der Waals surface area contributed by atoms with E-state index in [4.69, 9.17) is 0 Å². The summed E-state index contributed by atoms with van der Waals surface area (Å²) >= 11 is 0. The lowest BCUT2D eigenvalue weighted by atomic mass is 10.0. The summed E-state index contributed by atoms with van der Waals surface area (Å²) in [5.74, 6) is 0.318. The third-order valence-corrected chi connectivity index (χ3v) is 2.91. The van der Waals surface area contributed by atoms with Crippen LogP contribution in [0, 0.1) is 0 Å². The number of amides is 1. The van der Waals surface area contributed by atoms with Crippen LogP contribution in [0.4, 0.5) is 0 Å². The van der Waals surface area contributed by atoms with E-state index in [2.05, 4.69) is 19.2 Å². The third-order valence-electron chi connectivity index (χ3n) is 2.91. The van der Waals surface area contributed by atoms with Crippen LogP contribution in [0.25, 0.3) is 0 Å². The second kappa shape index (κ2) is 8.82. The zero-order valence-electron chi connectivity index (χ0n) is 10.5. The minimum absolute atomic E-state index is 0. The van der Waals surface area contributed by atoms with Crippen molar-refractivity contribution in [1.29, 1.82) is 0 Å². The predicted molar refractivity (Wildman–Crippen MR) is 70.1 cm³/mol. The Morgan fingerprint density at radius 2 is 1.88 bits per heavy atom. The fourth-order valence-corrected chi connectivity index (χ4v) is 2.16. The summed E-state index contributed by atoms with van der Waals surface area (Å²) in [4.78, 5) is 14.2. The first-order valence-corrected chi connectivity index (χ1v) is 6.31. The molecule has 1 N–H and O–H groups in total. The number of hydrogen-bond donors (Lipinski definition) is 1. The van der Waals surface area contributed by atoms with Crippen molar-refractivity contribution < 1.29 is 4.79 Å². The topological polar surface area (TPSA) is 32.3 Å². The van der Waals surface area contributed by atoms with E-state index in [0.717, 1.165) is 38.9 Å². The molecule has 3 nitrogen and oxygen atoms in total. The summed E-state index contributed by atoms with van der Waals surface area (Å²) in [5, 5.41) is 3.32. The van der Waals surface area contributed by atoms with Gasteiger partial charge in [-0.2, -0.15) is 0 Å². The Bertz CT molecular complexity index is 187. The molecule has 96 valence electrons. The summed E-state index contributed by atoms with van der Waals surface area (Å²) in [7, 11) is 0. The molecule has 0 saturated carbocycles. The molecular formula is C12H25ClN2O.